The van der Waals surface area contributed by atoms with E-state index in [1.54, 1.807) is 0 Å². The van der Waals surface area contributed by atoms with Gasteiger partial charge < -0.3 is 9.53 Å². The van der Waals surface area contributed by atoms with Crippen molar-refractivity contribution in [3.05, 3.63) is 11.6 Å². The predicted molar refractivity (Wildman–Crippen MR) is 73.5 cm³/mol. The SMILES string of the molecule is COC(=O)CCC/C=C1\C[C@H]2C[C@@H](C)[C@H](C=O)[C@H]2C1. The average molecular weight is 264 g/mol. The summed E-state index contributed by atoms with van der Waals surface area (Å²) in [7, 11) is 1.43. The molecule has 3 nitrogen and oxygen atoms in total. The van der Waals surface area contributed by atoms with Crippen LogP contribution < -0.4 is 0 Å². The number of fused-ring (bicyclic) bond motifs is 1. The van der Waals surface area contributed by atoms with Crippen LogP contribution in [0.3, 0.4) is 0 Å². The van der Waals surface area contributed by atoms with Gasteiger partial charge in [0.1, 0.15) is 6.29 Å². The Bertz CT molecular complexity index is 372. The number of hydrogen-bond acceptors (Lipinski definition) is 3. The van der Waals surface area contributed by atoms with E-state index >= 15 is 0 Å². The van der Waals surface area contributed by atoms with Gasteiger partial charge in [0.25, 0.3) is 0 Å². The van der Waals surface area contributed by atoms with Crippen LogP contribution in [0.25, 0.3) is 0 Å². The number of carbonyl (C=O) groups is 2. The van der Waals surface area contributed by atoms with Crippen molar-refractivity contribution in [3.8, 4) is 0 Å². The molecule has 106 valence electrons. The van der Waals surface area contributed by atoms with Crippen LogP contribution in [0.5, 0.6) is 0 Å². The van der Waals surface area contributed by atoms with Crippen molar-refractivity contribution in [1.29, 1.82) is 0 Å². The second-order valence-electron chi connectivity index (χ2n) is 6.09. The molecule has 0 amide bonds. The molecule has 0 spiro atoms. The van der Waals surface area contributed by atoms with Crippen LogP contribution in [0.2, 0.25) is 0 Å². The lowest BCUT2D eigenvalue weighted by atomic mass is 9.89. The van der Waals surface area contributed by atoms with Crippen molar-refractivity contribution in [2.75, 3.05) is 7.11 Å². The number of unbranched alkanes of at least 4 members (excludes halogenated alkanes) is 1. The number of esters is 1. The zero-order valence-electron chi connectivity index (χ0n) is 11.9. The molecule has 2 rings (SSSR count). The Labute approximate surface area is 115 Å². The Morgan fingerprint density at radius 2 is 2.21 bits per heavy atom. The predicted octanol–water partition coefficient (Wildman–Crippen LogP) is 3.14. The summed E-state index contributed by atoms with van der Waals surface area (Å²) < 4.78 is 4.62. The third-order valence-corrected chi connectivity index (χ3v) is 4.86. The quantitative estimate of drug-likeness (QED) is 0.331. The summed E-state index contributed by atoms with van der Waals surface area (Å²) in [4.78, 5) is 22.2. The minimum atomic E-state index is -0.128. The molecule has 0 aromatic heterocycles. The third-order valence-electron chi connectivity index (χ3n) is 4.86. The zero-order valence-corrected chi connectivity index (χ0v) is 11.9. The summed E-state index contributed by atoms with van der Waals surface area (Å²) in [5.74, 6) is 2.01. The summed E-state index contributed by atoms with van der Waals surface area (Å²) in [5.41, 5.74) is 1.50. The molecule has 0 aromatic rings. The molecule has 0 aliphatic heterocycles. The first-order chi connectivity index (χ1) is 9.15. The molecule has 2 saturated carbocycles. The van der Waals surface area contributed by atoms with Crippen LogP contribution in [0.1, 0.15) is 45.4 Å². The molecular weight excluding hydrogens is 240 g/mol. The number of allylic oxidation sites excluding steroid dienone is 2. The maximum Gasteiger partial charge on any atom is 0.305 e. The monoisotopic (exact) mass is 264 g/mol. The van der Waals surface area contributed by atoms with E-state index in [0.29, 0.717) is 18.3 Å². The van der Waals surface area contributed by atoms with Gasteiger partial charge in [0, 0.05) is 12.3 Å². The van der Waals surface area contributed by atoms with Crippen LogP contribution >= 0.6 is 0 Å². The molecule has 2 fully saturated rings. The lowest BCUT2D eigenvalue weighted by Crippen LogP contribution is -2.14. The van der Waals surface area contributed by atoms with Gasteiger partial charge >= 0.3 is 5.97 Å². The van der Waals surface area contributed by atoms with E-state index in [0.717, 1.165) is 31.6 Å². The summed E-state index contributed by atoms with van der Waals surface area (Å²) in [6.07, 6.45) is 9.23. The van der Waals surface area contributed by atoms with E-state index in [4.69, 9.17) is 0 Å². The third kappa shape index (κ3) is 3.26. The Morgan fingerprint density at radius 1 is 1.42 bits per heavy atom. The highest BCUT2D eigenvalue weighted by Crippen LogP contribution is 2.51. The van der Waals surface area contributed by atoms with Gasteiger partial charge in [0.05, 0.1) is 7.11 Å². The van der Waals surface area contributed by atoms with Gasteiger partial charge in [-0.15, -0.1) is 0 Å². The number of ether oxygens (including phenoxy) is 1. The first-order valence-corrected chi connectivity index (χ1v) is 7.35. The molecular formula is C16H24O3. The summed E-state index contributed by atoms with van der Waals surface area (Å²) in [5, 5.41) is 0. The Morgan fingerprint density at radius 3 is 2.89 bits per heavy atom. The maximum absolute atomic E-state index is 11.2. The van der Waals surface area contributed by atoms with Crippen molar-refractivity contribution in [1.82, 2.24) is 0 Å². The summed E-state index contributed by atoms with van der Waals surface area (Å²) >= 11 is 0. The van der Waals surface area contributed by atoms with E-state index in [9.17, 15) is 9.59 Å². The molecule has 0 heterocycles. The first kappa shape index (κ1) is 14.3. The van der Waals surface area contributed by atoms with E-state index < -0.39 is 0 Å². The fourth-order valence-electron chi connectivity index (χ4n) is 3.86. The Balaban J connectivity index is 1.79. The molecule has 3 heteroatoms. The molecule has 0 aromatic carbocycles. The van der Waals surface area contributed by atoms with Crippen LogP contribution in [-0.4, -0.2) is 19.4 Å². The van der Waals surface area contributed by atoms with Crippen LogP contribution in [0.4, 0.5) is 0 Å². The van der Waals surface area contributed by atoms with Crippen molar-refractivity contribution in [2.24, 2.45) is 23.7 Å². The lowest BCUT2D eigenvalue weighted by molar-refractivity contribution is -0.140. The molecule has 2 aliphatic rings. The average Bonchev–Trinajstić information content (AvgIpc) is 2.90. The standard InChI is InChI=1S/C16H24O3/c1-11-7-13-8-12(9-14(13)15(11)10-17)5-3-4-6-16(18)19-2/h5,10-11,13-15H,3-4,6-9H2,1-2H3/b12-5+/t11-,13-,14+,15+/m1/s1. The number of hydrogen-bond donors (Lipinski definition) is 0. The van der Waals surface area contributed by atoms with Crippen LogP contribution in [0, 0.1) is 23.7 Å². The largest absolute Gasteiger partial charge is 0.469 e. The number of methoxy groups -OCH3 is 1. The molecule has 0 bridgehead atoms. The highest BCUT2D eigenvalue weighted by molar-refractivity contribution is 5.69. The van der Waals surface area contributed by atoms with E-state index in [-0.39, 0.29) is 11.9 Å². The van der Waals surface area contributed by atoms with Crippen molar-refractivity contribution in [2.45, 2.75) is 45.4 Å². The van der Waals surface area contributed by atoms with E-state index in [2.05, 4.69) is 17.7 Å². The second-order valence-corrected chi connectivity index (χ2v) is 6.09. The highest BCUT2D eigenvalue weighted by Gasteiger charge is 2.44. The molecule has 0 unspecified atom stereocenters. The second kappa shape index (κ2) is 6.36. The van der Waals surface area contributed by atoms with Crippen LogP contribution in [0.15, 0.2) is 11.6 Å². The maximum atomic E-state index is 11.2. The Kier molecular flexibility index (Phi) is 4.78. The Hall–Kier alpha value is -1.12. The molecule has 2 aliphatic carbocycles. The topological polar surface area (TPSA) is 43.4 Å². The molecule has 19 heavy (non-hydrogen) atoms. The lowest BCUT2D eigenvalue weighted by Gasteiger charge is -2.14. The smallest absolute Gasteiger partial charge is 0.305 e. The first-order valence-electron chi connectivity index (χ1n) is 7.35. The van der Waals surface area contributed by atoms with E-state index in [1.807, 2.05) is 0 Å². The molecule has 0 saturated heterocycles. The van der Waals surface area contributed by atoms with Crippen molar-refractivity contribution < 1.29 is 14.3 Å². The van der Waals surface area contributed by atoms with Gasteiger partial charge in [-0.05, 0) is 49.9 Å². The minimum absolute atomic E-state index is 0.128. The van der Waals surface area contributed by atoms with E-state index in [1.165, 1.54) is 25.4 Å². The molecule has 0 radical (unpaired) electrons. The van der Waals surface area contributed by atoms with Crippen LogP contribution in [-0.2, 0) is 14.3 Å². The molecule has 0 N–H and O–H groups in total. The zero-order chi connectivity index (χ0) is 13.8. The normalized spacial score (nSPS) is 35.4. The number of rotatable bonds is 5. The van der Waals surface area contributed by atoms with Gasteiger partial charge in [-0.1, -0.05) is 18.6 Å². The van der Waals surface area contributed by atoms with Gasteiger partial charge in [-0.2, -0.15) is 0 Å². The fourth-order valence-corrected chi connectivity index (χ4v) is 3.86. The summed E-state index contributed by atoms with van der Waals surface area (Å²) in [6.45, 7) is 2.21. The van der Waals surface area contributed by atoms with Crippen molar-refractivity contribution >= 4 is 12.3 Å². The number of aldehydes is 1. The fraction of sp³-hybridized carbons (Fsp3) is 0.750. The highest BCUT2D eigenvalue weighted by atomic mass is 16.5. The number of carbonyl (C=O) groups excluding carboxylic acids is 2. The van der Waals surface area contributed by atoms with Gasteiger partial charge in [-0.25, -0.2) is 0 Å². The van der Waals surface area contributed by atoms with Gasteiger partial charge in [0.2, 0.25) is 0 Å². The van der Waals surface area contributed by atoms with Gasteiger partial charge in [0.15, 0.2) is 0 Å². The van der Waals surface area contributed by atoms with Gasteiger partial charge in [-0.3, -0.25) is 4.79 Å². The summed E-state index contributed by atoms with van der Waals surface area (Å²) in [6, 6.07) is 0. The molecule has 4 atom stereocenters. The minimum Gasteiger partial charge on any atom is -0.469 e. The van der Waals surface area contributed by atoms with Crippen molar-refractivity contribution in [3.63, 3.8) is 0 Å².